The molecule has 1 aliphatic heterocycles. The zero-order valence-corrected chi connectivity index (χ0v) is 21.7. The molecule has 1 unspecified atom stereocenters. The van der Waals surface area contributed by atoms with E-state index < -0.39 is 0 Å². The maximum Gasteiger partial charge on any atom is 0.191 e. The Morgan fingerprint density at radius 1 is 1.30 bits per heavy atom. The highest BCUT2D eigenvalue weighted by Gasteiger charge is 2.23. The van der Waals surface area contributed by atoms with E-state index in [0.29, 0.717) is 6.54 Å². The summed E-state index contributed by atoms with van der Waals surface area (Å²) in [5.41, 5.74) is 2.29. The van der Waals surface area contributed by atoms with Crippen molar-refractivity contribution in [3.05, 3.63) is 50.4 Å². The minimum absolute atomic E-state index is 0. The van der Waals surface area contributed by atoms with Crippen LogP contribution in [0.15, 0.2) is 29.3 Å². The molecule has 1 aromatic heterocycles. The molecular weight excluding hydrogens is 533 g/mol. The molecule has 2 heterocycles. The number of guanidine groups is 1. The highest BCUT2D eigenvalue weighted by atomic mass is 127. The van der Waals surface area contributed by atoms with Crippen LogP contribution in [0.2, 0.25) is 5.02 Å². The first kappa shape index (κ1) is 25.3. The zero-order chi connectivity index (χ0) is 20.6. The van der Waals surface area contributed by atoms with E-state index in [4.69, 9.17) is 21.3 Å². The molecule has 0 saturated carbocycles. The summed E-state index contributed by atoms with van der Waals surface area (Å²) in [5.74, 6) is 0.804. The average Bonchev–Trinajstić information content (AvgIpc) is 3.04. The van der Waals surface area contributed by atoms with E-state index in [1.807, 2.05) is 19.1 Å². The molecule has 1 saturated heterocycles. The molecule has 1 atom stereocenters. The Labute approximate surface area is 205 Å². The van der Waals surface area contributed by atoms with Crippen LogP contribution >= 0.6 is 46.9 Å². The van der Waals surface area contributed by atoms with Crippen LogP contribution in [0.4, 0.5) is 0 Å². The highest BCUT2D eigenvalue weighted by Crippen LogP contribution is 2.24. The van der Waals surface area contributed by atoms with Crippen LogP contribution in [0.1, 0.15) is 34.1 Å². The minimum atomic E-state index is 0. The quantitative estimate of drug-likeness (QED) is 0.301. The number of ether oxygens (including phenoxy) is 1. The Morgan fingerprint density at radius 3 is 2.70 bits per heavy atom. The standard InChI is InChI=1S/C21H30ClN5OS.HI/c1-4-23-21(25-14-20-26-15(2)16(3)29-20)24-13-19(27-8-10-28-11-9-27)17-6-5-7-18(22)12-17;/h5-7,12,19H,4,8-11,13-14H2,1-3H3,(H2,23,24,25);1H. The normalized spacial score (nSPS) is 16.1. The van der Waals surface area contributed by atoms with E-state index >= 15 is 0 Å². The van der Waals surface area contributed by atoms with Crippen molar-refractivity contribution in [3.8, 4) is 0 Å². The molecule has 0 aliphatic carbocycles. The van der Waals surface area contributed by atoms with Crippen LogP contribution < -0.4 is 10.6 Å². The number of thiazole rings is 1. The monoisotopic (exact) mass is 563 g/mol. The van der Waals surface area contributed by atoms with Gasteiger partial charge in [0.15, 0.2) is 5.96 Å². The van der Waals surface area contributed by atoms with Gasteiger partial charge in [-0.05, 0) is 38.5 Å². The molecule has 30 heavy (non-hydrogen) atoms. The molecule has 0 amide bonds. The van der Waals surface area contributed by atoms with Gasteiger partial charge in [0.1, 0.15) is 5.01 Å². The van der Waals surface area contributed by atoms with Gasteiger partial charge in [-0.3, -0.25) is 4.90 Å². The second kappa shape index (κ2) is 12.8. The molecule has 1 aliphatic rings. The molecule has 3 rings (SSSR count). The van der Waals surface area contributed by atoms with E-state index in [-0.39, 0.29) is 30.0 Å². The summed E-state index contributed by atoms with van der Waals surface area (Å²) >= 11 is 7.98. The van der Waals surface area contributed by atoms with Gasteiger partial charge in [-0.15, -0.1) is 35.3 Å². The summed E-state index contributed by atoms with van der Waals surface area (Å²) < 4.78 is 5.54. The Bertz CT molecular complexity index is 806. The number of aryl methyl sites for hydroxylation is 2. The maximum atomic E-state index is 6.27. The highest BCUT2D eigenvalue weighted by molar-refractivity contribution is 14.0. The Kier molecular flexibility index (Phi) is 10.8. The van der Waals surface area contributed by atoms with Crippen molar-refractivity contribution in [1.29, 1.82) is 0 Å². The van der Waals surface area contributed by atoms with Crippen LogP contribution in [0.5, 0.6) is 0 Å². The van der Waals surface area contributed by atoms with Gasteiger partial charge >= 0.3 is 0 Å². The number of rotatable bonds is 7. The molecule has 0 bridgehead atoms. The summed E-state index contributed by atoms with van der Waals surface area (Å²) in [6.45, 7) is 11.7. The predicted molar refractivity (Wildman–Crippen MR) is 136 cm³/mol. The first-order valence-corrected chi connectivity index (χ1v) is 11.3. The predicted octanol–water partition coefficient (Wildman–Crippen LogP) is 4.16. The molecule has 9 heteroatoms. The number of benzene rings is 1. The first-order chi connectivity index (χ1) is 14.1. The topological polar surface area (TPSA) is 61.8 Å². The Morgan fingerprint density at radius 2 is 2.07 bits per heavy atom. The van der Waals surface area contributed by atoms with E-state index in [2.05, 4.69) is 46.5 Å². The molecule has 6 nitrogen and oxygen atoms in total. The summed E-state index contributed by atoms with van der Waals surface area (Å²) in [5, 5.41) is 8.66. The van der Waals surface area contributed by atoms with Gasteiger partial charge < -0.3 is 15.4 Å². The van der Waals surface area contributed by atoms with E-state index in [0.717, 1.165) is 61.1 Å². The van der Waals surface area contributed by atoms with Crippen molar-refractivity contribution in [3.63, 3.8) is 0 Å². The molecular formula is C21H31ClIN5OS. The van der Waals surface area contributed by atoms with E-state index in [1.165, 1.54) is 10.4 Å². The number of aliphatic imine (C=N–C) groups is 1. The molecule has 1 aromatic carbocycles. The number of halogens is 2. The summed E-state index contributed by atoms with van der Waals surface area (Å²) in [7, 11) is 0. The fourth-order valence-corrected chi connectivity index (χ4v) is 4.41. The summed E-state index contributed by atoms with van der Waals surface area (Å²) in [6.07, 6.45) is 0. The van der Waals surface area contributed by atoms with Crippen molar-refractivity contribution in [2.45, 2.75) is 33.4 Å². The lowest BCUT2D eigenvalue weighted by Crippen LogP contribution is -2.46. The maximum absolute atomic E-state index is 6.27. The van der Waals surface area contributed by atoms with E-state index in [1.54, 1.807) is 11.3 Å². The zero-order valence-electron chi connectivity index (χ0n) is 17.8. The van der Waals surface area contributed by atoms with Gasteiger partial charge in [0.05, 0.1) is 31.5 Å². The number of aromatic nitrogens is 1. The number of morpholine rings is 1. The third-order valence-electron chi connectivity index (χ3n) is 4.97. The van der Waals surface area contributed by atoms with Crippen LogP contribution in [0.25, 0.3) is 0 Å². The van der Waals surface area contributed by atoms with Gasteiger partial charge in [-0.1, -0.05) is 23.7 Å². The fourth-order valence-electron chi connectivity index (χ4n) is 3.35. The molecule has 2 N–H and O–H groups in total. The third kappa shape index (κ3) is 7.33. The number of nitrogens with one attached hydrogen (secondary N) is 2. The second-order valence-electron chi connectivity index (χ2n) is 7.04. The molecule has 2 aromatic rings. The van der Waals surface area contributed by atoms with Gasteiger partial charge in [-0.2, -0.15) is 0 Å². The minimum Gasteiger partial charge on any atom is -0.379 e. The molecule has 1 fully saturated rings. The van der Waals surface area contributed by atoms with Crippen LogP contribution in [-0.2, 0) is 11.3 Å². The summed E-state index contributed by atoms with van der Waals surface area (Å²) in [6, 6.07) is 8.31. The lowest BCUT2D eigenvalue weighted by atomic mass is 10.0. The lowest BCUT2D eigenvalue weighted by Gasteiger charge is -2.35. The first-order valence-electron chi connectivity index (χ1n) is 10.1. The van der Waals surface area contributed by atoms with Crippen molar-refractivity contribution in [2.75, 3.05) is 39.4 Å². The third-order valence-corrected chi connectivity index (χ3v) is 6.26. The molecule has 166 valence electrons. The van der Waals surface area contributed by atoms with Crippen LogP contribution in [0, 0.1) is 13.8 Å². The second-order valence-corrected chi connectivity index (χ2v) is 8.77. The Hall–Kier alpha value is -0.940. The number of hydrogen-bond acceptors (Lipinski definition) is 5. The van der Waals surface area contributed by atoms with Crippen molar-refractivity contribution >= 4 is 52.9 Å². The van der Waals surface area contributed by atoms with E-state index in [9.17, 15) is 0 Å². The fraction of sp³-hybridized carbons (Fsp3) is 0.524. The van der Waals surface area contributed by atoms with Crippen molar-refractivity contribution in [1.82, 2.24) is 20.5 Å². The van der Waals surface area contributed by atoms with Crippen LogP contribution in [0.3, 0.4) is 0 Å². The molecule has 0 radical (unpaired) electrons. The smallest absolute Gasteiger partial charge is 0.191 e. The molecule has 0 spiro atoms. The van der Waals surface area contributed by atoms with Gasteiger partial charge in [0.2, 0.25) is 0 Å². The lowest BCUT2D eigenvalue weighted by molar-refractivity contribution is 0.0170. The number of hydrogen-bond donors (Lipinski definition) is 2. The summed E-state index contributed by atoms with van der Waals surface area (Å²) in [4.78, 5) is 13.0. The number of nitrogens with zero attached hydrogens (tertiary/aromatic N) is 3. The van der Waals surface area contributed by atoms with Gasteiger partial charge in [0.25, 0.3) is 0 Å². The van der Waals surface area contributed by atoms with Crippen molar-refractivity contribution < 1.29 is 4.74 Å². The Balaban J connectivity index is 0.00000320. The van der Waals surface area contributed by atoms with Gasteiger partial charge in [-0.25, -0.2) is 9.98 Å². The SMILES string of the molecule is CCNC(=NCc1nc(C)c(C)s1)NCC(c1cccc(Cl)c1)N1CCOCC1.I. The van der Waals surface area contributed by atoms with Crippen LogP contribution in [-0.4, -0.2) is 55.2 Å². The van der Waals surface area contributed by atoms with Gasteiger partial charge in [0, 0.05) is 36.1 Å². The average molecular weight is 564 g/mol. The van der Waals surface area contributed by atoms with Crippen molar-refractivity contribution in [2.24, 2.45) is 4.99 Å². The largest absolute Gasteiger partial charge is 0.379 e.